The molecule has 4 heteroatoms. The van der Waals surface area contributed by atoms with Crippen LogP contribution in [0.5, 0.6) is 0 Å². The van der Waals surface area contributed by atoms with Gasteiger partial charge in [0.15, 0.2) is 5.13 Å². The summed E-state index contributed by atoms with van der Waals surface area (Å²) in [7, 11) is 0. The molecule has 0 spiro atoms. The summed E-state index contributed by atoms with van der Waals surface area (Å²) in [6.45, 7) is 0. The van der Waals surface area contributed by atoms with Crippen LogP contribution in [0.25, 0.3) is 0 Å². The molecule has 1 aromatic heterocycles. The Hall–Kier alpha value is -0.0900. The molecular weight excluding hydrogens is 296 g/mol. The number of aromatic nitrogens is 1. The highest BCUT2D eigenvalue weighted by Gasteiger charge is 2.52. The van der Waals surface area contributed by atoms with Gasteiger partial charge in [-0.1, -0.05) is 0 Å². The highest BCUT2D eigenvalue weighted by atomic mass is 79.9. The van der Waals surface area contributed by atoms with E-state index in [2.05, 4.69) is 10.4 Å². The van der Waals surface area contributed by atoms with Crippen molar-refractivity contribution in [3.63, 3.8) is 0 Å². The second kappa shape index (κ2) is 3.95. The van der Waals surface area contributed by atoms with Crippen LogP contribution in [-0.4, -0.2) is 4.98 Å². The first-order chi connectivity index (χ1) is 7.73. The van der Waals surface area contributed by atoms with Gasteiger partial charge in [-0.15, -0.1) is 11.3 Å². The van der Waals surface area contributed by atoms with Crippen molar-refractivity contribution in [2.75, 3.05) is 5.73 Å². The predicted octanol–water partition coefficient (Wildman–Crippen LogP) is 0.197. The molecule has 4 fully saturated rings. The van der Waals surface area contributed by atoms with Crippen LogP contribution in [0.1, 0.15) is 44.2 Å². The number of rotatable bonds is 1. The second-order valence-electron chi connectivity index (χ2n) is 6.27. The Balaban J connectivity index is 0.000000902. The van der Waals surface area contributed by atoms with Crippen LogP contribution in [0.2, 0.25) is 0 Å². The molecule has 0 aromatic carbocycles. The largest absolute Gasteiger partial charge is 1.00 e. The van der Waals surface area contributed by atoms with Crippen LogP contribution in [0, 0.1) is 17.8 Å². The molecule has 4 saturated carbocycles. The molecule has 0 aliphatic heterocycles. The fourth-order valence-corrected chi connectivity index (χ4v) is 5.64. The molecule has 4 bridgehead atoms. The zero-order valence-electron chi connectivity index (χ0n) is 9.86. The minimum absolute atomic E-state index is 0. The maximum atomic E-state index is 5.80. The maximum absolute atomic E-state index is 5.80. The predicted molar refractivity (Wildman–Crippen MR) is 66.4 cm³/mol. The summed E-state index contributed by atoms with van der Waals surface area (Å²) in [5.41, 5.74) is 7.57. The Kier molecular flexibility index (Phi) is 2.78. The average Bonchev–Trinajstić information content (AvgIpc) is 2.63. The molecule has 0 radical (unpaired) electrons. The molecule has 5 rings (SSSR count). The van der Waals surface area contributed by atoms with Gasteiger partial charge in [0.25, 0.3) is 0 Å². The summed E-state index contributed by atoms with van der Waals surface area (Å²) in [5, 5.41) is 2.98. The summed E-state index contributed by atoms with van der Waals surface area (Å²) >= 11 is 1.62. The Bertz CT molecular complexity index is 394. The fourth-order valence-electron chi connectivity index (χ4n) is 4.96. The molecule has 17 heavy (non-hydrogen) atoms. The van der Waals surface area contributed by atoms with E-state index in [9.17, 15) is 0 Å². The molecule has 0 amide bonds. The van der Waals surface area contributed by atoms with Crippen LogP contribution >= 0.6 is 11.3 Å². The van der Waals surface area contributed by atoms with Gasteiger partial charge in [0.2, 0.25) is 0 Å². The number of nitrogens with two attached hydrogens (primary N) is 1. The van der Waals surface area contributed by atoms with Crippen molar-refractivity contribution < 1.29 is 17.0 Å². The monoisotopic (exact) mass is 313 g/mol. The number of nitrogens with zero attached hydrogens (tertiary/aromatic N) is 1. The van der Waals surface area contributed by atoms with Crippen molar-refractivity contribution in [2.45, 2.75) is 43.9 Å². The summed E-state index contributed by atoms with van der Waals surface area (Å²) in [4.78, 5) is 4.60. The molecule has 0 unspecified atom stereocenters. The first-order valence-corrected chi connectivity index (χ1v) is 7.33. The molecule has 2 N–H and O–H groups in total. The van der Waals surface area contributed by atoms with Crippen molar-refractivity contribution in [3.05, 3.63) is 11.1 Å². The molecular formula is C13H18BrN2S-. The van der Waals surface area contributed by atoms with E-state index >= 15 is 0 Å². The second-order valence-corrected chi connectivity index (χ2v) is 7.16. The lowest BCUT2D eigenvalue weighted by molar-refractivity contribution is -0.00689. The smallest absolute Gasteiger partial charge is 0.180 e. The van der Waals surface area contributed by atoms with Gasteiger partial charge >= 0.3 is 0 Å². The Morgan fingerprint density at radius 2 is 1.65 bits per heavy atom. The summed E-state index contributed by atoms with van der Waals surface area (Å²) in [5.74, 6) is 2.98. The molecule has 94 valence electrons. The topological polar surface area (TPSA) is 38.9 Å². The molecule has 1 aromatic rings. The number of halogens is 1. The van der Waals surface area contributed by atoms with Crippen LogP contribution < -0.4 is 22.7 Å². The van der Waals surface area contributed by atoms with Gasteiger partial charge in [0, 0.05) is 10.8 Å². The van der Waals surface area contributed by atoms with Crippen LogP contribution in [0.3, 0.4) is 0 Å². The third-order valence-electron chi connectivity index (χ3n) is 5.10. The van der Waals surface area contributed by atoms with Crippen LogP contribution in [0.4, 0.5) is 5.13 Å². The summed E-state index contributed by atoms with van der Waals surface area (Å²) in [6, 6.07) is 0. The first-order valence-electron chi connectivity index (χ1n) is 6.45. The number of anilines is 1. The van der Waals surface area contributed by atoms with E-state index in [1.54, 1.807) is 11.3 Å². The molecule has 4 aliphatic rings. The fraction of sp³-hybridized carbons (Fsp3) is 0.769. The van der Waals surface area contributed by atoms with Gasteiger partial charge < -0.3 is 22.7 Å². The highest BCUT2D eigenvalue weighted by Crippen LogP contribution is 2.60. The molecule has 1 heterocycles. The molecule has 2 nitrogen and oxygen atoms in total. The lowest BCUT2D eigenvalue weighted by Crippen LogP contribution is -3.00. The lowest BCUT2D eigenvalue weighted by Gasteiger charge is -2.56. The Morgan fingerprint density at radius 3 is 2.06 bits per heavy atom. The summed E-state index contributed by atoms with van der Waals surface area (Å²) < 4.78 is 0. The third-order valence-corrected chi connectivity index (χ3v) is 5.78. The first kappa shape index (κ1) is 12.0. The van der Waals surface area contributed by atoms with Gasteiger partial charge in [0.05, 0.1) is 5.69 Å². The van der Waals surface area contributed by atoms with E-state index in [0.717, 1.165) is 22.9 Å². The van der Waals surface area contributed by atoms with Crippen LogP contribution in [0.15, 0.2) is 5.38 Å². The molecule has 0 saturated heterocycles. The van der Waals surface area contributed by atoms with E-state index in [-0.39, 0.29) is 17.0 Å². The number of hydrogen-bond acceptors (Lipinski definition) is 3. The van der Waals surface area contributed by atoms with Crippen molar-refractivity contribution in [1.29, 1.82) is 0 Å². The van der Waals surface area contributed by atoms with E-state index in [4.69, 9.17) is 5.73 Å². The lowest BCUT2D eigenvalue weighted by atomic mass is 9.49. The zero-order chi connectivity index (χ0) is 10.8. The van der Waals surface area contributed by atoms with Gasteiger partial charge in [-0.3, -0.25) is 0 Å². The standard InChI is InChI=1S/C13H18N2S.BrH/c14-12-15-11(7-16-12)13-4-8-1-9(5-13)3-10(2-8)6-13;/h7-10H,1-6H2,(H2,14,15);1H/p-1. The molecule has 4 aliphatic carbocycles. The normalized spacial score (nSPS) is 42.5. The van der Waals surface area contributed by atoms with Gasteiger partial charge in [0.1, 0.15) is 0 Å². The number of thiazole rings is 1. The Morgan fingerprint density at radius 1 is 1.12 bits per heavy atom. The van der Waals surface area contributed by atoms with Crippen molar-refractivity contribution in [2.24, 2.45) is 17.8 Å². The van der Waals surface area contributed by atoms with Gasteiger partial charge in [-0.25, -0.2) is 4.98 Å². The van der Waals surface area contributed by atoms with E-state index in [0.29, 0.717) is 5.41 Å². The Labute approximate surface area is 117 Å². The summed E-state index contributed by atoms with van der Waals surface area (Å²) in [6.07, 6.45) is 8.67. The quantitative estimate of drug-likeness (QED) is 0.804. The third kappa shape index (κ3) is 1.75. The van der Waals surface area contributed by atoms with Crippen molar-refractivity contribution in [1.82, 2.24) is 4.98 Å². The average molecular weight is 314 g/mol. The molecule has 0 atom stereocenters. The van der Waals surface area contributed by atoms with E-state index in [1.165, 1.54) is 44.2 Å². The van der Waals surface area contributed by atoms with Crippen molar-refractivity contribution >= 4 is 16.5 Å². The number of nitrogen functional groups attached to an aromatic ring is 1. The number of hydrogen-bond donors (Lipinski definition) is 1. The van der Waals surface area contributed by atoms with E-state index < -0.39 is 0 Å². The minimum Gasteiger partial charge on any atom is -1.00 e. The highest BCUT2D eigenvalue weighted by molar-refractivity contribution is 7.13. The van der Waals surface area contributed by atoms with Crippen LogP contribution in [-0.2, 0) is 5.41 Å². The van der Waals surface area contributed by atoms with Gasteiger partial charge in [-0.2, -0.15) is 0 Å². The maximum Gasteiger partial charge on any atom is 0.180 e. The zero-order valence-corrected chi connectivity index (χ0v) is 12.3. The minimum atomic E-state index is 0. The van der Waals surface area contributed by atoms with E-state index in [1.807, 2.05) is 0 Å². The van der Waals surface area contributed by atoms with Crippen molar-refractivity contribution in [3.8, 4) is 0 Å². The SMILES string of the molecule is Nc1nc(C23CC4CC(CC(C4)C2)C3)cs1.[Br-]. The van der Waals surface area contributed by atoms with Gasteiger partial charge in [-0.05, 0) is 56.3 Å².